The van der Waals surface area contributed by atoms with Gasteiger partial charge in [0.05, 0.1) is 20.8 Å². The van der Waals surface area contributed by atoms with Crippen LogP contribution in [-0.2, 0) is 0 Å². The lowest BCUT2D eigenvalue weighted by atomic mass is 9.89. The van der Waals surface area contributed by atoms with E-state index in [9.17, 15) is 15.1 Å². The Bertz CT molecular complexity index is 3940. The lowest BCUT2D eigenvalue weighted by Gasteiger charge is -2.29. The Morgan fingerprint density at radius 1 is 0.295 bits per heavy atom. The first-order chi connectivity index (χ1) is 34.9. The van der Waals surface area contributed by atoms with Crippen molar-refractivity contribution in [3.8, 4) is 55.6 Å². The molecule has 0 aliphatic carbocycles. The molecule has 0 bridgehead atoms. The Morgan fingerprint density at radius 2 is 0.787 bits per heavy atom. The van der Waals surface area contributed by atoms with Gasteiger partial charge in [-0.1, -0.05) is 206 Å². The second-order valence-corrected chi connectivity index (χ2v) is 14.8. The van der Waals surface area contributed by atoms with Crippen molar-refractivity contribution in [2.45, 2.75) is 0 Å². The summed E-state index contributed by atoms with van der Waals surface area (Å²) in [5.41, 5.74) is 2.03. The second kappa shape index (κ2) is 15.6. The third-order valence-corrected chi connectivity index (χ3v) is 11.1. The van der Waals surface area contributed by atoms with Gasteiger partial charge in [-0.2, -0.15) is 0 Å². The largest absolute Gasteiger partial charge is 0.310 e. The highest BCUT2D eigenvalue weighted by atomic mass is 15.1. The van der Waals surface area contributed by atoms with E-state index in [1.165, 1.54) is 0 Å². The summed E-state index contributed by atoms with van der Waals surface area (Å²) in [6.45, 7) is 0. The maximum Gasteiger partial charge on any atom is 0.0645 e. The van der Waals surface area contributed by atoms with Crippen molar-refractivity contribution >= 4 is 49.4 Å². The lowest BCUT2D eigenvalue weighted by Crippen LogP contribution is -2.11. The first kappa shape index (κ1) is 26.2. The van der Waals surface area contributed by atoms with E-state index in [4.69, 9.17) is 0 Å². The first-order valence-electron chi connectivity index (χ1n) is 25.6. The highest BCUT2D eigenvalue weighted by Gasteiger charge is 2.20. The van der Waals surface area contributed by atoms with Gasteiger partial charge < -0.3 is 4.90 Å². The van der Waals surface area contributed by atoms with Crippen LogP contribution < -0.4 is 4.90 Å². The number of hydrogen-bond acceptors (Lipinski definition) is 1. The van der Waals surface area contributed by atoms with Crippen LogP contribution in [0.2, 0.25) is 0 Å². The molecule has 286 valence electrons. The summed E-state index contributed by atoms with van der Waals surface area (Å²) >= 11 is 0. The van der Waals surface area contributed by atoms with Crippen LogP contribution in [0.5, 0.6) is 0 Å². The van der Waals surface area contributed by atoms with Crippen LogP contribution in [0.25, 0.3) is 88.0 Å². The predicted molar refractivity (Wildman–Crippen MR) is 261 cm³/mol. The van der Waals surface area contributed by atoms with Crippen LogP contribution in [0.1, 0.15) is 15.1 Å². The molecule has 0 fully saturated rings. The third kappa shape index (κ3) is 6.83. The number of benzene rings is 11. The molecule has 1 nitrogen and oxygen atoms in total. The van der Waals surface area contributed by atoms with Crippen molar-refractivity contribution in [1.29, 1.82) is 0 Å². The molecule has 0 radical (unpaired) electrons. The molecule has 11 aromatic rings. The molecule has 0 N–H and O–H groups in total. The molecule has 1 heteroatoms. The SMILES string of the molecule is [2H]c1c([2H])c(N(c2c([2H])c([2H])c(-c3c(-c4ccccc4)ccc4ccccc34)c([2H])c2[2H])c2c([2H])c([2H])c(-c3ccccc3)c([2H])c2-c2ccccc2)c([2H])c([2H])c1-c1ccc2c(ccc3ccccc32)c1. The highest BCUT2D eigenvalue weighted by Crippen LogP contribution is 2.45. The quantitative estimate of drug-likeness (QED) is 0.139. The Balaban J connectivity index is 1.25. The van der Waals surface area contributed by atoms with Gasteiger partial charge in [-0.05, 0) is 125 Å². The minimum atomic E-state index is -0.607. The summed E-state index contributed by atoms with van der Waals surface area (Å²) in [6, 6.07) is 50.1. The fourth-order valence-electron chi connectivity index (χ4n) is 8.14. The van der Waals surface area contributed by atoms with E-state index in [0.29, 0.717) is 33.2 Å². The standard InChI is InChI=1S/C60H41N/c1-4-14-42(15-5-1)50-32-39-59(58(41-50)45-18-8-3-9-19-45)61(52-33-26-43(27-34-52)49-31-37-55-51(40-49)25-24-46-20-10-12-22-54(46)55)53-35-28-48(29-36-53)60-56-23-13-11-21-47(56)30-38-57(60)44-16-6-2-7-17-44/h1-41H/i26D,27D,28D,29D,32D,33D,34D,35D,36D,39D,41D. The van der Waals surface area contributed by atoms with Gasteiger partial charge in [0.25, 0.3) is 0 Å². The van der Waals surface area contributed by atoms with Gasteiger partial charge in [0.2, 0.25) is 0 Å². The Morgan fingerprint density at radius 3 is 1.46 bits per heavy atom. The normalized spacial score (nSPS) is 13.8. The molecule has 0 amide bonds. The molecule has 0 aliphatic rings. The van der Waals surface area contributed by atoms with Crippen LogP contribution in [-0.4, -0.2) is 0 Å². The van der Waals surface area contributed by atoms with Crippen LogP contribution in [0.15, 0.2) is 248 Å². The zero-order valence-electron chi connectivity index (χ0n) is 43.8. The van der Waals surface area contributed by atoms with E-state index in [1.54, 1.807) is 66.7 Å². The number of fused-ring (bicyclic) bond motifs is 4. The summed E-state index contributed by atoms with van der Waals surface area (Å²) in [7, 11) is 0. The molecule has 11 rings (SSSR count). The third-order valence-electron chi connectivity index (χ3n) is 11.1. The lowest BCUT2D eigenvalue weighted by molar-refractivity contribution is 1.28. The van der Waals surface area contributed by atoms with Crippen molar-refractivity contribution in [1.82, 2.24) is 0 Å². The van der Waals surface area contributed by atoms with Gasteiger partial charge in [0, 0.05) is 16.9 Å². The smallest absolute Gasteiger partial charge is 0.0645 e. The molecule has 0 unspecified atom stereocenters. The van der Waals surface area contributed by atoms with Crippen molar-refractivity contribution in [3.05, 3.63) is 248 Å². The summed E-state index contributed by atoms with van der Waals surface area (Å²) < 4.78 is 108. The summed E-state index contributed by atoms with van der Waals surface area (Å²) in [4.78, 5) is 1.07. The number of nitrogens with zero attached hydrogens (tertiary/aromatic N) is 1. The molecule has 0 aliphatic heterocycles. The molecule has 0 aromatic heterocycles. The highest BCUT2D eigenvalue weighted by molar-refractivity contribution is 6.08. The Kier molecular flexibility index (Phi) is 6.71. The van der Waals surface area contributed by atoms with Gasteiger partial charge in [0.15, 0.2) is 0 Å². The average Bonchev–Trinajstić information content (AvgIpc) is 3.41. The summed E-state index contributed by atoms with van der Waals surface area (Å²) in [5, 5.41) is 5.28. The van der Waals surface area contributed by atoms with E-state index in [1.807, 2.05) is 115 Å². The predicted octanol–water partition coefficient (Wildman–Crippen LogP) is 17.0. The Labute approximate surface area is 372 Å². The van der Waals surface area contributed by atoms with Crippen molar-refractivity contribution in [2.75, 3.05) is 4.90 Å². The molecule has 61 heavy (non-hydrogen) atoms. The molecular weight excluding hydrogens is 735 g/mol. The average molecular weight is 787 g/mol. The van der Waals surface area contributed by atoms with Crippen molar-refractivity contribution < 1.29 is 15.1 Å². The minimum Gasteiger partial charge on any atom is -0.310 e. The van der Waals surface area contributed by atoms with Crippen LogP contribution in [0.3, 0.4) is 0 Å². The van der Waals surface area contributed by atoms with Crippen LogP contribution in [0, 0.1) is 0 Å². The summed E-state index contributed by atoms with van der Waals surface area (Å²) in [5.74, 6) is 0. The fraction of sp³-hybridized carbons (Fsp3) is 0. The topological polar surface area (TPSA) is 3.24 Å². The Hall–Kier alpha value is -8.00. The van der Waals surface area contributed by atoms with E-state index >= 15 is 0 Å². The van der Waals surface area contributed by atoms with E-state index in [-0.39, 0.29) is 34.0 Å². The molecule has 0 spiro atoms. The molecule has 0 saturated heterocycles. The minimum absolute atomic E-state index is 0.0143. The van der Waals surface area contributed by atoms with E-state index in [0.717, 1.165) is 37.4 Å². The van der Waals surface area contributed by atoms with Gasteiger partial charge >= 0.3 is 0 Å². The monoisotopic (exact) mass is 786 g/mol. The van der Waals surface area contributed by atoms with Crippen molar-refractivity contribution in [3.63, 3.8) is 0 Å². The zero-order chi connectivity index (χ0) is 50.1. The van der Waals surface area contributed by atoms with Crippen molar-refractivity contribution in [2.24, 2.45) is 0 Å². The zero-order valence-corrected chi connectivity index (χ0v) is 32.8. The van der Waals surface area contributed by atoms with Gasteiger partial charge in [0.1, 0.15) is 0 Å². The van der Waals surface area contributed by atoms with Crippen LogP contribution >= 0.6 is 0 Å². The molecule has 0 atom stereocenters. The molecule has 11 aromatic carbocycles. The molecule has 0 saturated carbocycles. The molecular formula is C60H41N. The number of hydrogen-bond donors (Lipinski definition) is 0. The number of anilines is 3. The number of rotatable bonds is 8. The maximum atomic E-state index is 10.0. The van der Waals surface area contributed by atoms with Gasteiger partial charge in [-0.3, -0.25) is 0 Å². The fourth-order valence-corrected chi connectivity index (χ4v) is 8.14. The molecule has 0 heterocycles. The van der Waals surface area contributed by atoms with E-state index in [2.05, 4.69) is 0 Å². The maximum absolute atomic E-state index is 10.0. The second-order valence-electron chi connectivity index (χ2n) is 14.8. The van der Waals surface area contributed by atoms with E-state index < -0.39 is 71.8 Å². The summed E-state index contributed by atoms with van der Waals surface area (Å²) in [6.07, 6.45) is 0. The van der Waals surface area contributed by atoms with Crippen LogP contribution in [0.4, 0.5) is 17.1 Å². The first-order valence-corrected chi connectivity index (χ1v) is 20.1. The van der Waals surface area contributed by atoms with Gasteiger partial charge in [-0.15, -0.1) is 0 Å². The van der Waals surface area contributed by atoms with Gasteiger partial charge in [-0.25, -0.2) is 0 Å².